The van der Waals surface area contributed by atoms with Gasteiger partial charge in [0.1, 0.15) is 12.1 Å². The van der Waals surface area contributed by atoms with Crippen LogP contribution in [0.15, 0.2) is 26.2 Å². The van der Waals surface area contributed by atoms with Crippen LogP contribution in [0.3, 0.4) is 0 Å². The zero-order chi connectivity index (χ0) is 13.7. The van der Waals surface area contributed by atoms with Gasteiger partial charge in [-0.05, 0) is 28.1 Å². The number of anilines is 1. The maximum Gasteiger partial charge on any atom is 0.201 e. The number of nitrogens with one attached hydrogen (secondary N) is 2. The number of benzene rings is 1. The third-order valence-corrected chi connectivity index (χ3v) is 2.90. The maximum atomic E-state index is 8.99. The molecular formula is C10H6Br2N6. The van der Waals surface area contributed by atoms with Gasteiger partial charge in [-0.3, -0.25) is 10.8 Å². The summed E-state index contributed by atoms with van der Waals surface area (Å²) in [4.78, 5) is 0. The van der Waals surface area contributed by atoms with Crippen LogP contribution in [0.1, 0.15) is 5.56 Å². The zero-order valence-electron chi connectivity index (χ0n) is 8.83. The predicted octanol–water partition coefficient (Wildman–Crippen LogP) is 2.31. The van der Waals surface area contributed by atoms with E-state index in [0.717, 1.165) is 4.47 Å². The quantitative estimate of drug-likeness (QED) is 0.429. The molecule has 0 heterocycles. The SMILES string of the molecule is N#C/C(=N\Nc1c(Br)cc(Br)cc1C#N)C(=N)N. The summed E-state index contributed by atoms with van der Waals surface area (Å²) < 4.78 is 1.32. The van der Waals surface area contributed by atoms with E-state index < -0.39 is 5.84 Å². The Balaban J connectivity index is 3.18. The molecule has 0 saturated carbocycles. The Morgan fingerprint density at radius 2 is 2.06 bits per heavy atom. The van der Waals surface area contributed by atoms with E-state index in [4.69, 9.17) is 21.7 Å². The molecule has 90 valence electrons. The monoisotopic (exact) mass is 368 g/mol. The van der Waals surface area contributed by atoms with Crippen LogP contribution in [-0.4, -0.2) is 11.5 Å². The lowest BCUT2D eigenvalue weighted by Crippen LogP contribution is -2.22. The number of hydrogen-bond acceptors (Lipinski definition) is 5. The number of nitrogens with zero attached hydrogens (tertiary/aromatic N) is 3. The lowest BCUT2D eigenvalue weighted by Gasteiger charge is -2.07. The third-order valence-electron chi connectivity index (χ3n) is 1.82. The second-order valence-corrected chi connectivity index (χ2v) is 4.79. The van der Waals surface area contributed by atoms with Gasteiger partial charge in [-0.2, -0.15) is 15.6 Å². The van der Waals surface area contributed by atoms with Crippen molar-refractivity contribution in [3.05, 3.63) is 26.6 Å². The summed E-state index contributed by atoms with van der Waals surface area (Å²) in [6, 6.07) is 6.98. The van der Waals surface area contributed by atoms with Gasteiger partial charge in [0, 0.05) is 8.95 Å². The van der Waals surface area contributed by atoms with E-state index in [9.17, 15) is 0 Å². The molecule has 1 rings (SSSR count). The number of hydrogen-bond donors (Lipinski definition) is 3. The summed E-state index contributed by atoms with van der Waals surface area (Å²) in [7, 11) is 0. The fourth-order valence-electron chi connectivity index (χ4n) is 1.03. The van der Waals surface area contributed by atoms with Crippen molar-refractivity contribution >= 4 is 49.1 Å². The minimum atomic E-state index is -0.447. The molecule has 18 heavy (non-hydrogen) atoms. The van der Waals surface area contributed by atoms with Gasteiger partial charge in [-0.25, -0.2) is 0 Å². The Kier molecular flexibility index (Phi) is 4.84. The number of amidine groups is 1. The summed E-state index contributed by atoms with van der Waals surface area (Å²) >= 11 is 6.52. The molecule has 0 saturated heterocycles. The Morgan fingerprint density at radius 3 is 2.56 bits per heavy atom. The average molecular weight is 370 g/mol. The van der Waals surface area contributed by atoms with E-state index in [2.05, 4.69) is 42.4 Å². The first kappa shape index (κ1) is 14.2. The highest BCUT2D eigenvalue weighted by atomic mass is 79.9. The zero-order valence-corrected chi connectivity index (χ0v) is 12.0. The number of hydrazone groups is 1. The predicted molar refractivity (Wildman–Crippen MR) is 75.1 cm³/mol. The van der Waals surface area contributed by atoms with Crippen LogP contribution in [0, 0.1) is 28.1 Å². The van der Waals surface area contributed by atoms with Gasteiger partial charge >= 0.3 is 0 Å². The molecule has 1 aromatic rings. The van der Waals surface area contributed by atoms with Crippen molar-refractivity contribution in [1.29, 1.82) is 15.9 Å². The smallest absolute Gasteiger partial charge is 0.201 e. The third kappa shape index (κ3) is 3.29. The molecule has 0 fully saturated rings. The van der Waals surface area contributed by atoms with Crippen LogP contribution < -0.4 is 11.2 Å². The number of nitrogens with two attached hydrogens (primary N) is 1. The number of halogens is 2. The largest absolute Gasteiger partial charge is 0.382 e. The van der Waals surface area contributed by atoms with E-state index in [1.165, 1.54) is 0 Å². The van der Waals surface area contributed by atoms with Crippen molar-refractivity contribution in [2.24, 2.45) is 10.8 Å². The highest BCUT2D eigenvalue weighted by molar-refractivity contribution is 9.11. The molecule has 0 atom stereocenters. The van der Waals surface area contributed by atoms with Crippen molar-refractivity contribution in [1.82, 2.24) is 0 Å². The molecule has 8 heteroatoms. The molecule has 0 aromatic heterocycles. The Morgan fingerprint density at radius 1 is 1.39 bits per heavy atom. The Hall–Kier alpha value is -1.90. The van der Waals surface area contributed by atoms with Crippen molar-refractivity contribution < 1.29 is 0 Å². The number of nitriles is 2. The van der Waals surface area contributed by atoms with Crippen molar-refractivity contribution in [2.75, 3.05) is 5.43 Å². The van der Waals surface area contributed by atoms with Gasteiger partial charge < -0.3 is 5.73 Å². The van der Waals surface area contributed by atoms with Crippen molar-refractivity contribution in [3.8, 4) is 12.1 Å². The first-order chi connectivity index (χ1) is 8.49. The Labute approximate surface area is 120 Å². The number of rotatable bonds is 3. The van der Waals surface area contributed by atoms with Gasteiger partial charge in [0.2, 0.25) is 5.71 Å². The molecule has 0 aliphatic carbocycles. The van der Waals surface area contributed by atoms with Gasteiger partial charge in [0.15, 0.2) is 5.84 Å². The average Bonchev–Trinajstić information content (AvgIpc) is 2.31. The summed E-state index contributed by atoms with van der Waals surface area (Å²) in [6.45, 7) is 0. The maximum absolute atomic E-state index is 8.99. The molecule has 0 unspecified atom stereocenters. The van der Waals surface area contributed by atoms with E-state index in [0.29, 0.717) is 15.7 Å². The first-order valence-corrected chi connectivity index (χ1v) is 6.05. The van der Waals surface area contributed by atoms with Crippen LogP contribution in [-0.2, 0) is 0 Å². The second kappa shape index (κ2) is 6.15. The fourth-order valence-corrected chi connectivity index (χ4v) is 2.35. The lowest BCUT2D eigenvalue weighted by molar-refractivity contribution is 1.30. The minimum Gasteiger partial charge on any atom is -0.382 e. The fraction of sp³-hybridized carbons (Fsp3) is 0. The van der Waals surface area contributed by atoms with E-state index in [1.807, 2.05) is 6.07 Å². The molecule has 1 aromatic carbocycles. The van der Waals surface area contributed by atoms with E-state index in [1.54, 1.807) is 18.2 Å². The lowest BCUT2D eigenvalue weighted by atomic mass is 10.2. The molecule has 0 aliphatic rings. The van der Waals surface area contributed by atoms with Crippen molar-refractivity contribution in [2.45, 2.75) is 0 Å². The Bertz CT molecular complexity index is 608. The summed E-state index contributed by atoms with van der Waals surface area (Å²) in [5.74, 6) is -0.447. The topological polar surface area (TPSA) is 122 Å². The molecular weight excluding hydrogens is 364 g/mol. The van der Waals surface area contributed by atoms with Crippen LogP contribution >= 0.6 is 31.9 Å². The van der Waals surface area contributed by atoms with Gasteiger partial charge in [0.05, 0.1) is 11.3 Å². The summed E-state index contributed by atoms with van der Waals surface area (Å²) in [5, 5.41) is 28.5. The first-order valence-electron chi connectivity index (χ1n) is 4.47. The highest BCUT2D eigenvalue weighted by Gasteiger charge is 2.09. The molecule has 0 spiro atoms. The van der Waals surface area contributed by atoms with Crippen molar-refractivity contribution in [3.63, 3.8) is 0 Å². The van der Waals surface area contributed by atoms with Crippen LogP contribution in [0.2, 0.25) is 0 Å². The standard InChI is InChI=1S/C10H6Br2N6/c11-6-1-5(3-13)9(7(12)2-6)18-17-8(4-14)10(15)16/h1-2,18H,(H3,15,16)/b17-8+. The van der Waals surface area contributed by atoms with Gasteiger partial charge in [-0.15, -0.1) is 0 Å². The minimum absolute atomic E-state index is 0.256. The summed E-state index contributed by atoms with van der Waals surface area (Å²) in [5.41, 5.74) is 8.17. The molecule has 0 amide bonds. The van der Waals surface area contributed by atoms with Crippen LogP contribution in [0.25, 0.3) is 0 Å². The second-order valence-electron chi connectivity index (χ2n) is 3.02. The van der Waals surface area contributed by atoms with Gasteiger partial charge in [-0.1, -0.05) is 15.9 Å². The summed E-state index contributed by atoms with van der Waals surface area (Å²) in [6.07, 6.45) is 0. The van der Waals surface area contributed by atoms with Crippen LogP contribution in [0.4, 0.5) is 5.69 Å². The molecule has 4 N–H and O–H groups in total. The van der Waals surface area contributed by atoms with Gasteiger partial charge in [0.25, 0.3) is 0 Å². The molecule has 0 bridgehead atoms. The van der Waals surface area contributed by atoms with E-state index in [-0.39, 0.29) is 5.71 Å². The molecule has 0 aliphatic heterocycles. The van der Waals surface area contributed by atoms with E-state index >= 15 is 0 Å². The van der Waals surface area contributed by atoms with Crippen LogP contribution in [0.5, 0.6) is 0 Å². The molecule has 6 nitrogen and oxygen atoms in total. The molecule has 0 radical (unpaired) electrons. The normalized spacial score (nSPS) is 10.3. The highest BCUT2D eigenvalue weighted by Crippen LogP contribution is 2.30.